The van der Waals surface area contributed by atoms with Crippen LogP contribution in [0.3, 0.4) is 0 Å². The van der Waals surface area contributed by atoms with Crippen LogP contribution in [0.25, 0.3) is 22.3 Å². The van der Waals surface area contributed by atoms with Crippen LogP contribution in [0, 0.1) is 5.82 Å². The molecule has 0 aliphatic heterocycles. The highest BCUT2D eigenvalue weighted by atomic mass is 19.1. The van der Waals surface area contributed by atoms with Crippen molar-refractivity contribution in [2.24, 2.45) is 0 Å². The van der Waals surface area contributed by atoms with Gasteiger partial charge in [0.15, 0.2) is 0 Å². The fourth-order valence-corrected chi connectivity index (χ4v) is 2.49. The number of halogens is 1. The minimum Gasteiger partial charge on any atom is -0.456 e. The molecule has 118 valence electrons. The summed E-state index contributed by atoms with van der Waals surface area (Å²) in [6, 6.07) is 9.42. The van der Waals surface area contributed by atoms with E-state index in [9.17, 15) is 4.39 Å². The molecule has 4 rings (SSSR count). The van der Waals surface area contributed by atoms with Crippen LogP contribution in [-0.4, -0.2) is 19.9 Å². The minimum atomic E-state index is -0.365. The number of anilines is 1. The normalized spacial score (nSPS) is 10.9. The maximum absolute atomic E-state index is 13.4. The summed E-state index contributed by atoms with van der Waals surface area (Å²) in [7, 11) is 0. The first-order chi connectivity index (χ1) is 11.7. The molecule has 3 aromatic heterocycles. The Morgan fingerprint density at radius 1 is 1.08 bits per heavy atom. The zero-order valence-corrected chi connectivity index (χ0v) is 12.4. The lowest BCUT2D eigenvalue weighted by Gasteiger charge is -2.08. The molecule has 3 heterocycles. The predicted octanol–water partition coefficient (Wildman–Crippen LogP) is 3.53. The lowest BCUT2D eigenvalue weighted by Crippen LogP contribution is -1.95. The molecule has 7 heteroatoms. The van der Waals surface area contributed by atoms with Crippen LogP contribution < -0.4 is 10.5 Å². The Balaban J connectivity index is 1.86. The highest BCUT2D eigenvalue weighted by Gasteiger charge is 2.14. The number of nitrogen functional groups attached to an aromatic ring is 1. The van der Waals surface area contributed by atoms with Crippen molar-refractivity contribution in [1.29, 1.82) is 0 Å². The van der Waals surface area contributed by atoms with E-state index in [4.69, 9.17) is 10.5 Å². The highest BCUT2D eigenvalue weighted by molar-refractivity contribution is 5.97. The van der Waals surface area contributed by atoms with E-state index >= 15 is 0 Å². The predicted molar refractivity (Wildman–Crippen MR) is 88.0 cm³/mol. The summed E-state index contributed by atoms with van der Waals surface area (Å²) in [5.74, 6) is 0.755. The monoisotopic (exact) mass is 321 g/mol. The van der Waals surface area contributed by atoms with Crippen LogP contribution in [0.15, 0.2) is 55.0 Å². The summed E-state index contributed by atoms with van der Waals surface area (Å²) in [4.78, 5) is 15.5. The molecule has 0 bridgehead atoms. The molecular weight excluding hydrogens is 309 g/mol. The molecule has 0 unspecified atom stereocenters. The average Bonchev–Trinajstić information content (AvgIpc) is 3.00. The zero-order valence-electron chi connectivity index (χ0n) is 12.4. The Labute approximate surface area is 136 Å². The second kappa shape index (κ2) is 5.62. The van der Waals surface area contributed by atoms with Crippen LogP contribution in [0.5, 0.6) is 11.5 Å². The van der Waals surface area contributed by atoms with Gasteiger partial charge in [-0.25, -0.2) is 19.3 Å². The first-order valence-electron chi connectivity index (χ1n) is 7.19. The van der Waals surface area contributed by atoms with E-state index in [0.717, 1.165) is 10.9 Å². The van der Waals surface area contributed by atoms with Crippen molar-refractivity contribution >= 4 is 17.0 Å². The number of nitrogens with two attached hydrogens (primary N) is 1. The second-order valence-corrected chi connectivity index (χ2v) is 5.09. The Morgan fingerprint density at radius 2 is 1.96 bits per heavy atom. The summed E-state index contributed by atoms with van der Waals surface area (Å²) >= 11 is 0. The highest BCUT2D eigenvalue weighted by Crippen LogP contribution is 2.35. The van der Waals surface area contributed by atoms with Crippen LogP contribution in [0.1, 0.15) is 0 Å². The largest absolute Gasteiger partial charge is 0.456 e. The number of rotatable bonds is 3. The maximum atomic E-state index is 13.4. The van der Waals surface area contributed by atoms with Crippen LogP contribution in [0.4, 0.5) is 10.3 Å². The number of nitrogens with one attached hydrogen (secondary N) is 1. The number of fused-ring (bicyclic) bond motifs is 1. The Morgan fingerprint density at radius 3 is 2.79 bits per heavy atom. The molecule has 0 aliphatic carbocycles. The molecule has 0 saturated heterocycles. The molecule has 0 radical (unpaired) electrons. The van der Waals surface area contributed by atoms with E-state index in [2.05, 4.69) is 19.9 Å². The number of ether oxygens (including phenoxy) is 1. The number of hydrogen-bond donors (Lipinski definition) is 2. The van der Waals surface area contributed by atoms with E-state index in [1.54, 1.807) is 42.9 Å². The van der Waals surface area contributed by atoms with E-state index < -0.39 is 0 Å². The van der Waals surface area contributed by atoms with Gasteiger partial charge in [-0.2, -0.15) is 0 Å². The summed E-state index contributed by atoms with van der Waals surface area (Å²) in [6.07, 6.45) is 4.98. The number of hydrogen-bond acceptors (Lipinski definition) is 5. The SMILES string of the molecule is Nc1nccc(-c2c[nH]c3nccc(Oc4cccc(F)c4)c23)n1. The lowest BCUT2D eigenvalue weighted by molar-refractivity contribution is 0.482. The molecule has 0 amide bonds. The second-order valence-electron chi connectivity index (χ2n) is 5.09. The van der Waals surface area contributed by atoms with Crippen molar-refractivity contribution in [3.63, 3.8) is 0 Å². The van der Waals surface area contributed by atoms with Crippen molar-refractivity contribution in [3.8, 4) is 22.8 Å². The van der Waals surface area contributed by atoms with Crippen LogP contribution >= 0.6 is 0 Å². The van der Waals surface area contributed by atoms with Gasteiger partial charge in [-0.15, -0.1) is 0 Å². The van der Waals surface area contributed by atoms with Gasteiger partial charge in [0.1, 0.15) is 23.0 Å². The fraction of sp³-hybridized carbons (Fsp3) is 0. The van der Waals surface area contributed by atoms with E-state index in [1.165, 1.54) is 12.1 Å². The van der Waals surface area contributed by atoms with Gasteiger partial charge in [-0.3, -0.25) is 0 Å². The van der Waals surface area contributed by atoms with Crippen molar-refractivity contribution < 1.29 is 9.13 Å². The third kappa shape index (κ3) is 2.52. The molecule has 3 N–H and O–H groups in total. The number of H-pyrrole nitrogens is 1. The third-order valence-electron chi connectivity index (χ3n) is 3.51. The van der Waals surface area contributed by atoms with E-state index in [0.29, 0.717) is 22.8 Å². The lowest BCUT2D eigenvalue weighted by atomic mass is 10.1. The summed E-state index contributed by atoms with van der Waals surface area (Å²) in [5.41, 5.74) is 7.72. The van der Waals surface area contributed by atoms with Crippen molar-refractivity contribution in [3.05, 3.63) is 60.8 Å². The average molecular weight is 321 g/mol. The molecular formula is C17H12FN5O. The van der Waals surface area contributed by atoms with E-state index in [-0.39, 0.29) is 11.8 Å². The number of nitrogens with zero attached hydrogens (tertiary/aromatic N) is 3. The summed E-state index contributed by atoms with van der Waals surface area (Å²) in [5, 5.41) is 0.736. The third-order valence-corrected chi connectivity index (χ3v) is 3.51. The van der Waals surface area contributed by atoms with Gasteiger partial charge in [-0.1, -0.05) is 6.07 Å². The number of aromatic nitrogens is 4. The van der Waals surface area contributed by atoms with Gasteiger partial charge < -0.3 is 15.5 Å². The van der Waals surface area contributed by atoms with Gasteiger partial charge in [0.25, 0.3) is 0 Å². The molecule has 1 aromatic carbocycles. The molecule has 4 aromatic rings. The zero-order chi connectivity index (χ0) is 16.5. The molecule has 24 heavy (non-hydrogen) atoms. The van der Waals surface area contributed by atoms with Crippen LogP contribution in [0.2, 0.25) is 0 Å². The Kier molecular flexibility index (Phi) is 3.31. The van der Waals surface area contributed by atoms with E-state index in [1.807, 2.05) is 0 Å². The Hall–Kier alpha value is -3.48. The fourth-order valence-electron chi connectivity index (χ4n) is 2.49. The van der Waals surface area contributed by atoms with Gasteiger partial charge in [0.2, 0.25) is 5.95 Å². The van der Waals surface area contributed by atoms with Crippen LogP contribution in [-0.2, 0) is 0 Å². The number of pyridine rings is 1. The quantitative estimate of drug-likeness (QED) is 0.602. The molecule has 0 fully saturated rings. The molecule has 0 aliphatic rings. The van der Waals surface area contributed by atoms with Crippen molar-refractivity contribution in [2.75, 3.05) is 5.73 Å². The topological polar surface area (TPSA) is 89.7 Å². The molecule has 6 nitrogen and oxygen atoms in total. The first-order valence-corrected chi connectivity index (χ1v) is 7.19. The molecule has 0 saturated carbocycles. The first kappa shape index (κ1) is 14.1. The molecule has 0 spiro atoms. The standard InChI is InChI=1S/C17H12FN5O/c18-10-2-1-3-11(8-10)24-14-5-7-20-16-15(14)12(9-22-16)13-4-6-21-17(19)23-13/h1-9H,(H,20,22)(H2,19,21,23). The smallest absolute Gasteiger partial charge is 0.220 e. The minimum absolute atomic E-state index is 0.179. The van der Waals surface area contributed by atoms with Crippen molar-refractivity contribution in [1.82, 2.24) is 19.9 Å². The number of aromatic amines is 1. The van der Waals surface area contributed by atoms with Gasteiger partial charge in [0, 0.05) is 30.2 Å². The number of benzene rings is 1. The van der Waals surface area contributed by atoms with Gasteiger partial charge in [-0.05, 0) is 24.3 Å². The Bertz CT molecular complexity index is 1030. The summed E-state index contributed by atoms with van der Waals surface area (Å²) in [6.45, 7) is 0. The molecule has 0 atom stereocenters. The van der Waals surface area contributed by atoms with Gasteiger partial charge in [0.05, 0.1) is 11.1 Å². The maximum Gasteiger partial charge on any atom is 0.220 e. The summed E-state index contributed by atoms with van der Waals surface area (Å²) < 4.78 is 19.2. The van der Waals surface area contributed by atoms with Gasteiger partial charge >= 0.3 is 0 Å². The van der Waals surface area contributed by atoms with Crippen molar-refractivity contribution in [2.45, 2.75) is 0 Å².